The van der Waals surface area contributed by atoms with Crippen LogP contribution in [0.15, 0.2) is 36.4 Å². The van der Waals surface area contributed by atoms with Crippen molar-refractivity contribution in [3.8, 4) is 0 Å². The number of nitrogens with one attached hydrogen (secondary N) is 1. The van der Waals surface area contributed by atoms with Crippen LogP contribution in [0.25, 0.3) is 10.2 Å². The van der Waals surface area contributed by atoms with E-state index in [0.717, 1.165) is 67.8 Å². The van der Waals surface area contributed by atoms with Gasteiger partial charge in [-0.05, 0) is 53.3 Å². The van der Waals surface area contributed by atoms with Crippen LogP contribution in [0.4, 0.5) is 5.13 Å². The number of fused-ring (bicyclic) bond motifs is 1. The lowest BCUT2D eigenvalue weighted by molar-refractivity contribution is 0.0947. The van der Waals surface area contributed by atoms with Crippen molar-refractivity contribution in [2.45, 2.75) is 6.92 Å². The van der Waals surface area contributed by atoms with E-state index < -0.39 is 0 Å². The van der Waals surface area contributed by atoms with Gasteiger partial charge in [-0.25, -0.2) is 4.98 Å². The van der Waals surface area contributed by atoms with Gasteiger partial charge in [0.1, 0.15) is 0 Å². The largest absolute Gasteiger partial charge is 0.351 e. The van der Waals surface area contributed by atoms with Crippen LogP contribution in [0, 0.1) is 10.5 Å². The summed E-state index contributed by atoms with van der Waals surface area (Å²) in [6.45, 7) is 7.36. The van der Waals surface area contributed by atoms with Crippen LogP contribution in [0.1, 0.15) is 15.9 Å². The van der Waals surface area contributed by atoms with Crippen molar-refractivity contribution in [2.24, 2.45) is 0 Å². The molecule has 1 aliphatic heterocycles. The average molecular weight is 541 g/mol. The number of rotatable bonds is 5. The number of hydrogen-bond acceptors (Lipinski definition) is 5. The van der Waals surface area contributed by atoms with Gasteiger partial charge in [-0.1, -0.05) is 41.1 Å². The Hall–Kier alpha value is -1.42. The molecule has 0 saturated carbocycles. The third-order valence-electron chi connectivity index (χ3n) is 5.16. The standard InChI is InChI=1S/C21H22ClIN4OS/c1-14-6-7-16(22)19-18(14)25-21(29-19)27-12-10-26(11-13-27)9-8-24-20(28)15-4-2-3-5-17(15)23/h2-7H,8-13H2,1H3,(H,24,28). The van der Waals surface area contributed by atoms with E-state index in [-0.39, 0.29) is 5.91 Å². The minimum absolute atomic E-state index is 0.00430. The van der Waals surface area contributed by atoms with Crippen molar-refractivity contribution in [3.63, 3.8) is 0 Å². The van der Waals surface area contributed by atoms with Crippen molar-refractivity contribution >= 4 is 66.8 Å². The smallest absolute Gasteiger partial charge is 0.252 e. The molecule has 0 radical (unpaired) electrons. The van der Waals surface area contributed by atoms with Gasteiger partial charge in [0.05, 0.1) is 20.8 Å². The molecular formula is C21H22ClIN4OS. The van der Waals surface area contributed by atoms with Gasteiger partial charge >= 0.3 is 0 Å². The van der Waals surface area contributed by atoms with Crippen molar-refractivity contribution in [1.29, 1.82) is 0 Å². The molecule has 1 saturated heterocycles. The van der Waals surface area contributed by atoms with E-state index in [1.807, 2.05) is 36.4 Å². The molecule has 1 fully saturated rings. The van der Waals surface area contributed by atoms with Gasteiger partial charge in [0.15, 0.2) is 5.13 Å². The summed E-state index contributed by atoms with van der Waals surface area (Å²) >= 11 is 10.2. The summed E-state index contributed by atoms with van der Waals surface area (Å²) in [6.07, 6.45) is 0. The maximum atomic E-state index is 12.3. The lowest BCUT2D eigenvalue weighted by Gasteiger charge is -2.34. The molecule has 1 aliphatic rings. The average Bonchev–Trinajstić information content (AvgIpc) is 3.18. The number of carbonyl (C=O) groups excluding carboxylic acids is 1. The number of anilines is 1. The summed E-state index contributed by atoms with van der Waals surface area (Å²) in [7, 11) is 0. The second-order valence-electron chi connectivity index (χ2n) is 7.10. The van der Waals surface area contributed by atoms with E-state index in [1.54, 1.807) is 11.3 Å². The zero-order valence-electron chi connectivity index (χ0n) is 16.1. The predicted molar refractivity (Wildman–Crippen MR) is 130 cm³/mol. The van der Waals surface area contributed by atoms with Crippen LogP contribution in [-0.4, -0.2) is 55.1 Å². The van der Waals surface area contributed by atoms with Crippen LogP contribution in [0.2, 0.25) is 5.02 Å². The Bertz CT molecular complexity index is 994. The van der Waals surface area contributed by atoms with E-state index in [2.05, 4.69) is 44.6 Å². The van der Waals surface area contributed by atoms with Crippen LogP contribution in [-0.2, 0) is 0 Å². The molecule has 1 aromatic heterocycles. The number of hydrogen-bond donors (Lipinski definition) is 1. The Morgan fingerprint density at radius 3 is 2.69 bits per heavy atom. The third-order valence-corrected chi connectivity index (χ3v) is 7.68. The van der Waals surface area contributed by atoms with E-state index >= 15 is 0 Å². The number of carbonyl (C=O) groups is 1. The number of amides is 1. The minimum Gasteiger partial charge on any atom is -0.351 e. The maximum Gasteiger partial charge on any atom is 0.252 e. The molecule has 5 nitrogen and oxygen atoms in total. The summed E-state index contributed by atoms with van der Waals surface area (Å²) in [5.74, 6) is -0.00430. The van der Waals surface area contributed by atoms with E-state index in [9.17, 15) is 4.79 Å². The fraction of sp³-hybridized carbons (Fsp3) is 0.333. The zero-order chi connectivity index (χ0) is 20.4. The number of halogens is 2. The number of aromatic nitrogens is 1. The first kappa shape index (κ1) is 20.8. The third kappa shape index (κ3) is 4.68. The SMILES string of the molecule is Cc1ccc(Cl)c2sc(N3CCN(CCNC(=O)c4ccccc4I)CC3)nc12. The fourth-order valence-electron chi connectivity index (χ4n) is 3.46. The number of piperazine rings is 1. The first-order valence-corrected chi connectivity index (χ1v) is 11.9. The molecule has 8 heteroatoms. The Morgan fingerprint density at radius 1 is 1.21 bits per heavy atom. The van der Waals surface area contributed by atoms with Crippen LogP contribution in [0.3, 0.4) is 0 Å². The molecular weight excluding hydrogens is 519 g/mol. The minimum atomic E-state index is -0.00430. The highest BCUT2D eigenvalue weighted by atomic mass is 127. The van der Waals surface area contributed by atoms with Gasteiger partial charge in [0.25, 0.3) is 5.91 Å². The van der Waals surface area contributed by atoms with Crippen LogP contribution in [0.5, 0.6) is 0 Å². The summed E-state index contributed by atoms with van der Waals surface area (Å²) in [5, 5.41) is 4.86. The molecule has 2 aromatic carbocycles. The molecule has 0 atom stereocenters. The molecule has 0 bridgehead atoms. The highest BCUT2D eigenvalue weighted by Gasteiger charge is 2.21. The van der Waals surface area contributed by atoms with Gasteiger partial charge < -0.3 is 10.2 Å². The molecule has 0 spiro atoms. The van der Waals surface area contributed by atoms with E-state index in [1.165, 1.54) is 0 Å². The molecule has 0 aliphatic carbocycles. The number of benzene rings is 2. The first-order chi connectivity index (χ1) is 14.0. The number of aryl methyl sites for hydroxylation is 1. The van der Waals surface area contributed by atoms with Gasteiger partial charge in [-0.3, -0.25) is 9.69 Å². The molecule has 29 heavy (non-hydrogen) atoms. The van der Waals surface area contributed by atoms with Gasteiger partial charge in [-0.15, -0.1) is 0 Å². The molecule has 152 valence electrons. The molecule has 1 N–H and O–H groups in total. The molecule has 3 aromatic rings. The zero-order valence-corrected chi connectivity index (χ0v) is 19.9. The lowest BCUT2D eigenvalue weighted by atomic mass is 10.2. The summed E-state index contributed by atoms with van der Waals surface area (Å²) in [4.78, 5) is 21.9. The van der Waals surface area contributed by atoms with Crippen molar-refractivity contribution in [3.05, 3.63) is 56.1 Å². The predicted octanol–water partition coefficient (Wildman–Crippen LogP) is 4.41. The quantitative estimate of drug-likeness (QED) is 0.487. The highest BCUT2D eigenvalue weighted by molar-refractivity contribution is 14.1. The topological polar surface area (TPSA) is 48.5 Å². The monoisotopic (exact) mass is 540 g/mol. The Morgan fingerprint density at radius 2 is 1.97 bits per heavy atom. The van der Waals surface area contributed by atoms with E-state index in [4.69, 9.17) is 16.6 Å². The summed E-state index contributed by atoms with van der Waals surface area (Å²) in [5.41, 5.74) is 2.91. The lowest BCUT2D eigenvalue weighted by Crippen LogP contribution is -2.48. The normalized spacial score (nSPS) is 15.1. The second kappa shape index (κ2) is 9.16. The van der Waals surface area contributed by atoms with Crippen molar-refractivity contribution < 1.29 is 4.79 Å². The summed E-state index contributed by atoms with van der Waals surface area (Å²) in [6, 6.07) is 11.6. The van der Waals surface area contributed by atoms with Crippen LogP contribution < -0.4 is 10.2 Å². The second-order valence-corrected chi connectivity index (χ2v) is 9.65. The summed E-state index contributed by atoms with van der Waals surface area (Å²) < 4.78 is 2.05. The first-order valence-electron chi connectivity index (χ1n) is 9.58. The Kier molecular flexibility index (Phi) is 6.58. The van der Waals surface area contributed by atoms with Gasteiger partial charge in [0.2, 0.25) is 0 Å². The van der Waals surface area contributed by atoms with Gasteiger partial charge in [0, 0.05) is 42.8 Å². The van der Waals surface area contributed by atoms with E-state index in [0.29, 0.717) is 6.54 Å². The maximum absolute atomic E-state index is 12.3. The van der Waals surface area contributed by atoms with Crippen molar-refractivity contribution in [2.75, 3.05) is 44.2 Å². The fourth-order valence-corrected chi connectivity index (χ4v) is 5.46. The Balaban J connectivity index is 1.29. The highest BCUT2D eigenvalue weighted by Crippen LogP contribution is 2.35. The Labute approximate surface area is 193 Å². The molecule has 2 heterocycles. The molecule has 1 amide bonds. The van der Waals surface area contributed by atoms with Crippen molar-refractivity contribution in [1.82, 2.24) is 15.2 Å². The molecule has 4 rings (SSSR count). The van der Waals surface area contributed by atoms with Gasteiger partial charge in [-0.2, -0.15) is 0 Å². The van der Waals surface area contributed by atoms with Crippen LogP contribution >= 0.6 is 45.5 Å². The molecule has 0 unspecified atom stereocenters. The number of thiazole rings is 1. The number of nitrogens with zero attached hydrogens (tertiary/aromatic N) is 3.